The van der Waals surface area contributed by atoms with Gasteiger partial charge in [-0.15, -0.1) is 0 Å². The van der Waals surface area contributed by atoms with E-state index >= 15 is 0 Å². The van der Waals surface area contributed by atoms with Gasteiger partial charge in [0.15, 0.2) is 6.29 Å². The van der Waals surface area contributed by atoms with E-state index in [9.17, 15) is 0 Å². The summed E-state index contributed by atoms with van der Waals surface area (Å²) in [5.41, 5.74) is 1.26. The second-order valence-corrected chi connectivity index (χ2v) is 7.81. The fourth-order valence-electron chi connectivity index (χ4n) is 3.54. The van der Waals surface area contributed by atoms with E-state index in [1.807, 2.05) is 0 Å². The van der Waals surface area contributed by atoms with Crippen LogP contribution in [0.4, 0.5) is 0 Å². The van der Waals surface area contributed by atoms with Crippen LogP contribution in [0.1, 0.15) is 69.3 Å². The molecule has 1 aromatic rings. The monoisotopic (exact) mass is 408 g/mol. The first-order chi connectivity index (χ1) is 14.3. The maximum absolute atomic E-state index is 5.94. The molecule has 1 aromatic carbocycles. The molecular formula is C24H40O5. The highest BCUT2D eigenvalue weighted by Gasteiger charge is 2.23. The summed E-state index contributed by atoms with van der Waals surface area (Å²) in [6.07, 6.45) is 10.3. The topological polar surface area (TPSA) is 46.2 Å². The van der Waals surface area contributed by atoms with Crippen molar-refractivity contribution in [2.45, 2.75) is 70.0 Å². The third-order valence-electron chi connectivity index (χ3n) is 5.37. The molecule has 1 fully saturated rings. The van der Waals surface area contributed by atoms with Crippen LogP contribution in [0.5, 0.6) is 5.75 Å². The van der Waals surface area contributed by atoms with Gasteiger partial charge in [0.25, 0.3) is 0 Å². The molecule has 0 atom stereocenters. The lowest BCUT2D eigenvalue weighted by molar-refractivity contribution is -0.190. The van der Waals surface area contributed by atoms with Crippen LogP contribution >= 0.6 is 0 Å². The molecule has 1 aliphatic heterocycles. The third-order valence-corrected chi connectivity index (χ3v) is 5.37. The van der Waals surface area contributed by atoms with Crippen LogP contribution in [0.3, 0.4) is 0 Å². The number of rotatable bonds is 16. The third kappa shape index (κ3) is 10.4. The van der Waals surface area contributed by atoms with Crippen molar-refractivity contribution in [2.75, 3.05) is 47.3 Å². The zero-order valence-electron chi connectivity index (χ0n) is 18.4. The number of methoxy groups -OCH3 is 2. The largest absolute Gasteiger partial charge is 0.494 e. The Balaban J connectivity index is 1.56. The summed E-state index contributed by atoms with van der Waals surface area (Å²) in [6.45, 7) is 3.95. The van der Waals surface area contributed by atoms with E-state index < -0.39 is 0 Å². The highest BCUT2D eigenvalue weighted by atomic mass is 16.7. The molecule has 1 saturated heterocycles. The van der Waals surface area contributed by atoms with E-state index in [4.69, 9.17) is 23.7 Å². The Morgan fingerprint density at radius 1 is 0.724 bits per heavy atom. The predicted octanol–water partition coefficient (Wildman–Crippen LogP) is 5.33. The van der Waals surface area contributed by atoms with Gasteiger partial charge in [-0.25, -0.2) is 0 Å². The molecule has 0 radical (unpaired) electrons. The van der Waals surface area contributed by atoms with Crippen molar-refractivity contribution in [3.8, 4) is 5.75 Å². The summed E-state index contributed by atoms with van der Waals surface area (Å²) in [4.78, 5) is 0. The number of hydrogen-bond acceptors (Lipinski definition) is 5. The molecule has 0 bridgehead atoms. The Morgan fingerprint density at radius 3 is 1.86 bits per heavy atom. The first-order valence-electron chi connectivity index (χ1n) is 11.3. The van der Waals surface area contributed by atoms with Gasteiger partial charge in [0.05, 0.1) is 19.8 Å². The highest BCUT2D eigenvalue weighted by Crippen LogP contribution is 2.26. The molecule has 0 saturated carbocycles. The van der Waals surface area contributed by atoms with Gasteiger partial charge in [0, 0.05) is 33.4 Å². The standard InChI is InChI=1S/C24H40O5/c1-25-16-8-4-3-7-11-24-28-19-22(20-29-24)21-12-14-23(15-13-21)27-18-10-6-5-9-17-26-2/h12-15,22,24H,3-11,16-20H2,1-2H3. The lowest BCUT2D eigenvalue weighted by atomic mass is 10.00. The summed E-state index contributed by atoms with van der Waals surface area (Å²) in [5, 5.41) is 0. The van der Waals surface area contributed by atoms with Crippen LogP contribution in [-0.2, 0) is 18.9 Å². The van der Waals surface area contributed by atoms with Gasteiger partial charge in [-0.2, -0.15) is 0 Å². The van der Waals surface area contributed by atoms with Crippen molar-refractivity contribution in [1.82, 2.24) is 0 Å². The van der Waals surface area contributed by atoms with Crippen LogP contribution in [-0.4, -0.2) is 53.5 Å². The molecule has 5 heteroatoms. The molecule has 0 spiro atoms. The van der Waals surface area contributed by atoms with Crippen LogP contribution in [0.2, 0.25) is 0 Å². The van der Waals surface area contributed by atoms with Crippen molar-refractivity contribution in [3.05, 3.63) is 29.8 Å². The fourth-order valence-corrected chi connectivity index (χ4v) is 3.54. The molecule has 0 amide bonds. The minimum Gasteiger partial charge on any atom is -0.494 e. The van der Waals surface area contributed by atoms with Crippen molar-refractivity contribution < 1.29 is 23.7 Å². The first-order valence-corrected chi connectivity index (χ1v) is 11.3. The van der Waals surface area contributed by atoms with Crippen molar-refractivity contribution >= 4 is 0 Å². The Bertz CT molecular complexity index is 496. The normalized spacial score (nSPS) is 19.4. The molecule has 1 heterocycles. The maximum Gasteiger partial charge on any atom is 0.157 e. The second kappa shape index (κ2) is 15.7. The average molecular weight is 409 g/mol. The summed E-state index contributed by atoms with van der Waals surface area (Å²) >= 11 is 0. The van der Waals surface area contributed by atoms with E-state index in [2.05, 4.69) is 24.3 Å². The van der Waals surface area contributed by atoms with Gasteiger partial charge in [0.1, 0.15) is 5.75 Å². The molecule has 166 valence electrons. The smallest absolute Gasteiger partial charge is 0.157 e. The average Bonchev–Trinajstić information content (AvgIpc) is 2.76. The summed E-state index contributed by atoms with van der Waals surface area (Å²) < 4.78 is 27.9. The lowest BCUT2D eigenvalue weighted by Gasteiger charge is -2.29. The predicted molar refractivity (Wildman–Crippen MR) is 116 cm³/mol. The van der Waals surface area contributed by atoms with E-state index in [1.165, 1.54) is 31.2 Å². The van der Waals surface area contributed by atoms with Crippen LogP contribution in [0.25, 0.3) is 0 Å². The van der Waals surface area contributed by atoms with Gasteiger partial charge < -0.3 is 23.7 Å². The van der Waals surface area contributed by atoms with Gasteiger partial charge in [0.2, 0.25) is 0 Å². The highest BCUT2D eigenvalue weighted by molar-refractivity contribution is 5.29. The first kappa shape index (κ1) is 24.1. The molecule has 5 nitrogen and oxygen atoms in total. The summed E-state index contributed by atoms with van der Waals surface area (Å²) in [7, 11) is 3.51. The molecular weight excluding hydrogens is 368 g/mol. The Morgan fingerprint density at radius 2 is 1.28 bits per heavy atom. The van der Waals surface area contributed by atoms with E-state index in [0.29, 0.717) is 5.92 Å². The quantitative estimate of drug-likeness (QED) is 0.346. The zero-order chi connectivity index (χ0) is 20.6. The Hall–Kier alpha value is -1.14. The number of hydrogen-bond donors (Lipinski definition) is 0. The van der Waals surface area contributed by atoms with Gasteiger partial charge in [-0.05, 0) is 56.2 Å². The van der Waals surface area contributed by atoms with Gasteiger partial charge >= 0.3 is 0 Å². The number of benzene rings is 1. The number of ether oxygens (including phenoxy) is 5. The molecule has 0 N–H and O–H groups in total. The van der Waals surface area contributed by atoms with Crippen molar-refractivity contribution in [1.29, 1.82) is 0 Å². The van der Waals surface area contributed by atoms with Gasteiger partial charge in [-0.1, -0.05) is 31.4 Å². The van der Waals surface area contributed by atoms with Crippen LogP contribution in [0.15, 0.2) is 24.3 Å². The molecule has 29 heavy (non-hydrogen) atoms. The van der Waals surface area contributed by atoms with Crippen molar-refractivity contribution in [3.63, 3.8) is 0 Å². The lowest BCUT2D eigenvalue weighted by Crippen LogP contribution is -2.30. The minimum atomic E-state index is -0.0415. The van der Waals surface area contributed by atoms with E-state index in [1.54, 1.807) is 14.2 Å². The number of unbranched alkanes of at least 4 members (excludes halogenated alkanes) is 6. The second-order valence-electron chi connectivity index (χ2n) is 7.81. The van der Waals surface area contributed by atoms with Crippen molar-refractivity contribution in [2.24, 2.45) is 0 Å². The van der Waals surface area contributed by atoms with Crippen LogP contribution < -0.4 is 4.74 Å². The SMILES string of the molecule is COCCCCCCOc1ccc(C2COC(CCCCCCOC)OC2)cc1. The summed E-state index contributed by atoms with van der Waals surface area (Å²) in [5.74, 6) is 1.25. The Kier molecular flexibility index (Phi) is 13.0. The Labute approximate surface area is 177 Å². The van der Waals surface area contributed by atoms with Crippen LogP contribution in [0, 0.1) is 0 Å². The fraction of sp³-hybridized carbons (Fsp3) is 0.750. The van der Waals surface area contributed by atoms with E-state index in [0.717, 1.165) is 70.9 Å². The maximum atomic E-state index is 5.94. The zero-order valence-corrected chi connectivity index (χ0v) is 18.4. The van der Waals surface area contributed by atoms with E-state index in [-0.39, 0.29) is 6.29 Å². The molecule has 0 unspecified atom stereocenters. The molecule has 1 aliphatic rings. The minimum absolute atomic E-state index is 0.0415. The van der Waals surface area contributed by atoms with Gasteiger partial charge in [-0.3, -0.25) is 0 Å². The molecule has 0 aliphatic carbocycles. The molecule has 2 rings (SSSR count). The molecule has 0 aromatic heterocycles. The summed E-state index contributed by atoms with van der Waals surface area (Å²) in [6, 6.07) is 8.40.